The standard InChI is InChI=1S/C17H18ClNO4/c1-16(2)11-7-8-17(16,13(21)12(11)20)15(23)19-10-5-3-9(4-6-10)14(18)22/h3-6,11,13,21H,7-8H2,1-2H3,(H,19,23). The van der Waals surface area contributed by atoms with Crippen molar-refractivity contribution in [3.8, 4) is 0 Å². The fourth-order valence-electron chi connectivity index (χ4n) is 4.24. The van der Waals surface area contributed by atoms with Crippen LogP contribution in [0.3, 0.4) is 0 Å². The van der Waals surface area contributed by atoms with E-state index < -0.39 is 22.2 Å². The Hall–Kier alpha value is -1.72. The van der Waals surface area contributed by atoms with Gasteiger partial charge in [0.15, 0.2) is 5.78 Å². The number of halogens is 1. The lowest BCUT2D eigenvalue weighted by atomic mass is 9.67. The molecule has 122 valence electrons. The molecule has 1 amide bonds. The normalized spacial score (nSPS) is 31.2. The summed E-state index contributed by atoms with van der Waals surface area (Å²) in [5, 5.41) is 12.6. The number of nitrogens with one attached hydrogen (secondary N) is 1. The summed E-state index contributed by atoms with van der Waals surface area (Å²) in [4.78, 5) is 36.1. The van der Waals surface area contributed by atoms with Gasteiger partial charge in [0.05, 0.1) is 5.41 Å². The third-order valence-electron chi connectivity index (χ3n) is 5.70. The highest BCUT2D eigenvalue weighted by Crippen LogP contribution is 2.64. The molecule has 0 saturated heterocycles. The zero-order valence-corrected chi connectivity index (χ0v) is 13.7. The molecular formula is C17H18ClNO4. The van der Waals surface area contributed by atoms with Crippen molar-refractivity contribution < 1.29 is 19.5 Å². The van der Waals surface area contributed by atoms with Crippen LogP contribution in [0.5, 0.6) is 0 Å². The van der Waals surface area contributed by atoms with Crippen LogP contribution in [0.15, 0.2) is 24.3 Å². The molecule has 3 rings (SSSR count). The molecule has 0 aromatic heterocycles. The van der Waals surface area contributed by atoms with Gasteiger partial charge in [-0.15, -0.1) is 0 Å². The minimum absolute atomic E-state index is 0.237. The van der Waals surface area contributed by atoms with Gasteiger partial charge in [-0.25, -0.2) is 0 Å². The number of benzene rings is 1. The molecule has 0 heterocycles. The Labute approximate surface area is 139 Å². The van der Waals surface area contributed by atoms with Crippen LogP contribution < -0.4 is 5.32 Å². The second-order valence-electron chi connectivity index (χ2n) is 6.89. The fourth-order valence-corrected chi connectivity index (χ4v) is 4.37. The SMILES string of the molecule is CC1(C)C2CCC1(C(=O)Nc1ccc(C(=O)Cl)cc1)C(O)C2=O. The molecule has 2 saturated carbocycles. The van der Waals surface area contributed by atoms with Gasteiger partial charge in [0.2, 0.25) is 5.91 Å². The molecule has 6 heteroatoms. The predicted octanol–water partition coefficient (Wildman–Crippen LogP) is 2.37. The van der Waals surface area contributed by atoms with Crippen molar-refractivity contribution in [3.05, 3.63) is 29.8 Å². The van der Waals surface area contributed by atoms with Crippen molar-refractivity contribution in [1.82, 2.24) is 0 Å². The number of aliphatic hydroxyl groups excluding tert-OH is 1. The van der Waals surface area contributed by atoms with E-state index in [4.69, 9.17) is 11.6 Å². The van der Waals surface area contributed by atoms with Gasteiger partial charge in [0, 0.05) is 17.2 Å². The van der Waals surface area contributed by atoms with Gasteiger partial charge < -0.3 is 10.4 Å². The number of carbonyl (C=O) groups excluding carboxylic acids is 3. The number of aliphatic hydroxyl groups is 1. The molecule has 5 nitrogen and oxygen atoms in total. The Morgan fingerprint density at radius 2 is 1.87 bits per heavy atom. The maximum absolute atomic E-state index is 12.9. The van der Waals surface area contributed by atoms with E-state index in [1.165, 1.54) is 12.1 Å². The molecule has 1 aromatic rings. The highest BCUT2D eigenvalue weighted by molar-refractivity contribution is 6.67. The fraction of sp³-hybridized carbons (Fsp3) is 0.471. The zero-order chi connectivity index (χ0) is 17.0. The quantitative estimate of drug-likeness (QED) is 0.831. The van der Waals surface area contributed by atoms with Crippen molar-refractivity contribution >= 4 is 34.2 Å². The molecule has 2 aliphatic carbocycles. The molecule has 2 aliphatic rings. The van der Waals surface area contributed by atoms with Crippen LogP contribution in [0.1, 0.15) is 37.0 Å². The number of fused-ring (bicyclic) bond motifs is 2. The Bertz CT molecular complexity index is 697. The highest BCUT2D eigenvalue weighted by atomic mass is 35.5. The van der Waals surface area contributed by atoms with Crippen LogP contribution in [0, 0.1) is 16.7 Å². The van der Waals surface area contributed by atoms with Gasteiger partial charge in [0.1, 0.15) is 6.10 Å². The molecule has 1 aromatic carbocycles. The number of ketones is 1. The molecule has 2 N–H and O–H groups in total. The van der Waals surface area contributed by atoms with Gasteiger partial charge in [-0.05, 0) is 54.1 Å². The third-order valence-corrected chi connectivity index (χ3v) is 5.92. The summed E-state index contributed by atoms with van der Waals surface area (Å²) in [6, 6.07) is 6.18. The zero-order valence-electron chi connectivity index (χ0n) is 12.9. The molecular weight excluding hydrogens is 318 g/mol. The van der Waals surface area contributed by atoms with E-state index in [2.05, 4.69) is 5.32 Å². The van der Waals surface area contributed by atoms with E-state index in [1.54, 1.807) is 12.1 Å². The van der Waals surface area contributed by atoms with E-state index in [1.807, 2.05) is 13.8 Å². The number of rotatable bonds is 3. The van der Waals surface area contributed by atoms with Gasteiger partial charge in [-0.3, -0.25) is 14.4 Å². The van der Waals surface area contributed by atoms with Crippen LogP contribution in [-0.2, 0) is 9.59 Å². The lowest BCUT2D eigenvalue weighted by Crippen LogP contribution is -2.50. The number of carbonyl (C=O) groups is 3. The number of anilines is 1. The maximum Gasteiger partial charge on any atom is 0.252 e. The molecule has 23 heavy (non-hydrogen) atoms. The number of hydrogen-bond acceptors (Lipinski definition) is 4. The third kappa shape index (κ3) is 2.07. The smallest absolute Gasteiger partial charge is 0.252 e. The van der Waals surface area contributed by atoms with Crippen LogP contribution in [-0.4, -0.2) is 28.1 Å². The first-order chi connectivity index (χ1) is 10.7. The summed E-state index contributed by atoms with van der Waals surface area (Å²) < 4.78 is 0. The van der Waals surface area contributed by atoms with Gasteiger partial charge in [-0.1, -0.05) is 13.8 Å². The lowest BCUT2D eigenvalue weighted by Gasteiger charge is -2.37. The first-order valence-electron chi connectivity index (χ1n) is 7.55. The van der Waals surface area contributed by atoms with Crippen molar-refractivity contribution in [2.45, 2.75) is 32.8 Å². The van der Waals surface area contributed by atoms with E-state index >= 15 is 0 Å². The van der Waals surface area contributed by atoms with Crippen molar-refractivity contribution in [3.63, 3.8) is 0 Å². The van der Waals surface area contributed by atoms with Crippen molar-refractivity contribution in [1.29, 1.82) is 0 Å². The highest BCUT2D eigenvalue weighted by Gasteiger charge is 2.72. The summed E-state index contributed by atoms with van der Waals surface area (Å²) in [6.45, 7) is 3.74. The number of Topliss-reactive ketones (excluding diaryl/α,β-unsaturated/α-hetero) is 1. The second kappa shape index (κ2) is 5.14. The molecule has 2 bridgehead atoms. The van der Waals surface area contributed by atoms with Gasteiger partial charge >= 0.3 is 0 Å². The minimum atomic E-state index is -1.26. The Morgan fingerprint density at radius 3 is 2.35 bits per heavy atom. The van der Waals surface area contributed by atoms with Gasteiger partial charge in [-0.2, -0.15) is 0 Å². The van der Waals surface area contributed by atoms with E-state index in [0.29, 0.717) is 24.1 Å². The van der Waals surface area contributed by atoms with Crippen LogP contribution >= 0.6 is 11.6 Å². The summed E-state index contributed by atoms with van der Waals surface area (Å²) >= 11 is 5.39. The molecule has 0 radical (unpaired) electrons. The topological polar surface area (TPSA) is 83.5 Å². The molecule has 0 spiro atoms. The molecule has 2 fully saturated rings. The Kier molecular flexibility index (Phi) is 3.61. The average molecular weight is 336 g/mol. The predicted molar refractivity (Wildman–Crippen MR) is 85.2 cm³/mol. The second-order valence-corrected chi connectivity index (χ2v) is 7.24. The van der Waals surface area contributed by atoms with E-state index in [-0.39, 0.29) is 17.6 Å². The lowest BCUT2D eigenvalue weighted by molar-refractivity contribution is -0.144. The number of amides is 1. The van der Waals surface area contributed by atoms with Crippen molar-refractivity contribution in [2.75, 3.05) is 5.32 Å². The Balaban J connectivity index is 1.88. The first-order valence-corrected chi connectivity index (χ1v) is 7.93. The Morgan fingerprint density at radius 1 is 1.26 bits per heavy atom. The maximum atomic E-state index is 12.9. The van der Waals surface area contributed by atoms with E-state index in [9.17, 15) is 19.5 Å². The molecule has 0 aliphatic heterocycles. The monoisotopic (exact) mass is 335 g/mol. The van der Waals surface area contributed by atoms with Gasteiger partial charge in [0.25, 0.3) is 5.24 Å². The summed E-state index contributed by atoms with van der Waals surface area (Å²) in [7, 11) is 0. The van der Waals surface area contributed by atoms with Crippen LogP contribution in [0.25, 0.3) is 0 Å². The summed E-state index contributed by atoms with van der Waals surface area (Å²) in [6.07, 6.45) is -0.155. The van der Waals surface area contributed by atoms with Crippen molar-refractivity contribution in [2.24, 2.45) is 16.7 Å². The number of hydrogen-bond donors (Lipinski definition) is 2. The van der Waals surface area contributed by atoms with E-state index in [0.717, 1.165) is 0 Å². The largest absolute Gasteiger partial charge is 0.384 e. The first kappa shape index (κ1) is 16.1. The molecule has 3 atom stereocenters. The average Bonchev–Trinajstić information content (AvgIpc) is 2.84. The molecule has 3 unspecified atom stereocenters. The minimum Gasteiger partial charge on any atom is -0.384 e. The van der Waals surface area contributed by atoms with Crippen LogP contribution in [0.4, 0.5) is 5.69 Å². The summed E-state index contributed by atoms with van der Waals surface area (Å²) in [5.74, 6) is -0.868. The summed E-state index contributed by atoms with van der Waals surface area (Å²) in [5.41, 5.74) is -0.855. The van der Waals surface area contributed by atoms with Crippen LogP contribution in [0.2, 0.25) is 0 Å².